The maximum absolute atomic E-state index is 12.7. The van der Waals surface area contributed by atoms with Crippen LogP contribution in [0.5, 0.6) is 11.5 Å². The van der Waals surface area contributed by atoms with E-state index in [-0.39, 0.29) is 12.7 Å². The van der Waals surface area contributed by atoms with Gasteiger partial charge in [-0.05, 0) is 24.6 Å². The highest BCUT2D eigenvalue weighted by atomic mass is 16.7. The lowest BCUT2D eigenvalue weighted by Crippen LogP contribution is -2.50. The highest BCUT2D eigenvalue weighted by molar-refractivity contribution is 5.81. The number of anilines is 1. The number of carbonyl (C=O) groups excluding carboxylic acids is 1. The van der Waals surface area contributed by atoms with Crippen molar-refractivity contribution >= 4 is 11.7 Å². The van der Waals surface area contributed by atoms with E-state index in [1.165, 1.54) is 0 Å². The van der Waals surface area contributed by atoms with Gasteiger partial charge in [0.05, 0.1) is 13.2 Å². The van der Waals surface area contributed by atoms with E-state index in [2.05, 4.69) is 20.3 Å². The van der Waals surface area contributed by atoms with Crippen LogP contribution in [0.25, 0.3) is 5.95 Å². The molecule has 1 N–H and O–H groups in total. The van der Waals surface area contributed by atoms with E-state index < -0.39 is 6.10 Å². The molecule has 1 amide bonds. The molecule has 0 radical (unpaired) electrons. The second-order valence-electron chi connectivity index (χ2n) is 7.35. The van der Waals surface area contributed by atoms with Crippen molar-refractivity contribution in [3.8, 4) is 17.4 Å². The highest BCUT2D eigenvalue weighted by Crippen LogP contribution is 2.32. The summed E-state index contributed by atoms with van der Waals surface area (Å²) in [6.07, 6.45) is 4.55. The molecule has 4 heterocycles. The third kappa shape index (κ3) is 4.15. The van der Waals surface area contributed by atoms with Gasteiger partial charge in [0.15, 0.2) is 17.6 Å². The molecule has 160 valence electrons. The lowest BCUT2D eigenvalue weighted by Gasteiger charge is -2.33. The van der Waals surface area contributed by atoms with Gasteiger partial charge in [-0.15, -0.1) is 0 Å². The monoisotopic (exact) mass is 422 g/mol. The summed E-state index contributed by atoms with van der Waals surface area (Å²) in [4.78, 5) is 27.9. The third-order valence-corrected chi connectivity index (χ3v) is 5.15. The Kier molecular flexibility index (Phi) is 5.13. The van der Waals surface area contributed by atoms with Gasteiger partial charge >= 0.3 is 0 Å². The average Bonchev–Trinajstić information content (AvgIpc) is 3.49. The van der Waals surface area contributed by atoms with Gasteiger partial charge in [0.25, 0.3) is 5.91 Å². The van der Waals surface area contributed by atoms with Crippen molar-refractivity contribution in [2.45, 2.75) is 19.6 Å². The predicted molar refractivity (Wildman–Crippen MR) is 110 cm³/mol. The zero-order valence-corrected chi connectivity index (χ0v) is 17.0. The van der Waals surface area contributed by atoms with Gasteiger partial charge in [-0.2, -0.15) is 4.98 Å². The van der Waals surface area contributed by atoms with Gasteiger partial charge in [0.1, 0.15) is 12.1 Å². The molecule has 1 fully saturated rings. The fourth-order valence-electron chi connectivity index (χ4n) is 3.56. The number of rotatable bonds is 5. The molecule has 31 heavy (non-hydrogen) atoms. The second-order valence-corrected chi connectivity index (χ2v) is 7.35. The number of nitrogens with zero attached hydrogens (tertiary/aromatic N) is 5. The van der Waals surface area contributed by atoms with Crippen LogP contribution in [-0.2, 0) is 16.1 Å². The maximum atomic E-state index is 12.7. The molecular formula is C21H22N6O4. The van der Waals surface area contributed by atoms with Crippen LogP contribution in [0.1, 0.15) is 11.3 Å². The number of imidazole rings is 1. The summed E-state index contributed by atoms with van der Waals surface area (Å²) in [5.74, 6) is 2.55. The molecule has 5 rings (SSSR count). The van der Waals surface area contributed by atoms with Gasteiger partial charge in [0, 0.05) is 37.2 Å². The zero-order valence-electron chi connectivity index (χ0n) is 17.0. The van der Waals surface area contributed by atoms with E-state index in [9.17, 15) is 4.79 Å². The first kappa shape index (κ1) is 19.3. The summed E-state index contributed by atoms with van der Waals surface area (Å²) in [5, 5.41) is 2.94. The fourth-order valence-corrected chi connectivity index (χ4v) is 3.56. The largest absolute Gasteiger partial charge is 0.454 e. The average molecular weight is 422 g/mol. The molecular weight excluding hydrogens is 400 g/mol. The Hall–Kier alpha value is -3.66. The van der Waals surface area contributed by atoms with Crippen molar-refractivity contribution in [1.29, 1.82) is 0 Å². The van der Waals surface area contributed by atoms with Crippen LogP contribution in [0.15, 0.2) is 43.0 Å². The van der Waals surface area contributed by atoms with Crippen molar-refractivity contribution in [3.05, 3.63) is 54.2 Å². The van der Waals surface area contributed by atoms with Crippen molar-refractivity contribution in [1.82, 2.24) is 24.8 Å². The molecule has 1 unspecified atom stereocenters. The van der Waals surface area contributed by atoms with Gasteiger partial charge in [-0.1, -0.05) is 6.07 Å². The molecule has 1 saturated heterocycles. The Bertz CT molecular complexity index is 1090. The summed E-state index contributed by atoms with van der Waals surface area (Å²) < 4.78 is 18.2. The number of ether oxygens (including phenoxy) is 3. The van der Waals surface area contributed by atoms with Crippen LogP contribution in [0.3, 0.4) is 0 Å². The standard InChI is InChI=1S/C21H22N6O4/c1-14-8-19(25-21(24-14)27-5-4-22-12-27)26-6-7-29-18(11-26)20(28)23-10-15-2-3-16-17(9-15)31-13-30-16/h2-5,8-9,12,18H,6-7,10-11,13H2,1H3,(H,23,28). The van der Waals surface area contributed by atoms with Gasteiger partial charge < -0.3 is 24.4 Å². The van der Waals surface area contributed by atoms with Crippen molar-refractivity contribution in [3.63, 3.8) is 0 Å². The molecule has 0 saturated carbocycles. The predicted octanol–water partition coefficient (Wildman–Crippen LogP) is 1.22. The van der Waals surface area contributed by atoms with Crippen LogP contribution in [-0.4, -0.2) is 58.0 Å². The Morgan fingerprint density at radius 3 is 3.00 bits per heavy atom. The SMILES string of the molecule is Cc1cc(N2CCOC(C(=O)NCc3ccc4c(c3)OCO4)C2)nc(-n2ccnc2)n1. The Labute approximate surface area is 178 Å². The smallest absolute Gasteiger partial charge is 0.251 e. The van der Waals surface area contributed by atoms with E-state index in [0.29, 0.717) is 37.9 Å². The number of carbonyl (C=O) groups is 1. The van der Waals surface area contributed by atoms with Crippen LogP contribution < -0.4 is 19.7 Å². The quantitative estimate of drug-likeness (QED) is 0.655. The maximum Gasteiger partial charge on any atom is 0.251 e. The Morgan fingerprint density at radius 2 is 2.13 bits per heavy atom. The van der Waals surface area contributed by atoms with E-state index in [0.717, 1.165) is 22.8 Å². The number of morpholine rings is 1. The van der Waals surface area contributed by atoms with E-state index >= 15 is 0 Å². The number of hydrogen-bond acceptors (Lipinski definition) is 8. The molecule has 10 heteroatoms. The molecule has 0 spiro atoms. The van der Waals surface area contributed by atoms with Crippen LogP contribution in [0.4, 0.5) is 5.82 Å². The van der Waals surface area contributed by atoms with Crippen LogP contribution in [0.2, 0.25) is 0 Å². The number of benzene rings is 1. The number of aromatic nitrogens is 4. The Balaban J connectivity index is 1.24. The number of fused-ring (bicyclic) bond motifs is 1. The van der Waals surface area contributed by atoms with Crippen molar-refractivity contribution in [2.24, 2.45) is 0 Å². The minimum atomic E-state index is -0.588. The van der Waals surface area contributed by atoms with E-state index in [4.69, 9.17) is 14.2 Å². The summed E-state index contributed by atoms with van der Waals surface area (Å²) in [6.45, 7) is 4.01. The van der Waals surface area contributed by atoms with Gasteiger partial charge in [-0.3, -0.25) is 9.36 Å². The fraction of sp³-hybridized carbons (Fsp3) is 0.333. The van der Waals surface area contributed by atoms with Crippen LogP contribution in [0, 0.1) is 6.92 Å². The second kappa shape index (κ2) is 8.23. The molecule has 10 nitrogen and oxygen atoms in total. The topological polar surface area (TPSA) is 104 Å². The molecule has 1 atom stereocenters. The minimum Gasteiger partial charge on any atom is -0.454 e. The molecule has 0 bridgehead atoms. The molecule has 2 aliphatic rings. The molecule has 1 aromatic carbocycles. The molecule has 0 aliphatic carbocycles. The third-order valence-electron chi connectivity index (χ3n) is 5.15. The van der Waals surface area contributed by atoms with Gasteiger partial charge in [-0.25, -0.2) is 9.97 Å². The van der Waals surface area contributed by atoms with E-state index in [1.54, 1.807) is 23.3 Å². The first-order valence-electron chi connectivity index (χ1n) is 10.0. The molecule has 2 aromatic heterocycles. The normalized spacial score (nSPS) is 17.6. The summed E-state index contributed by atoms with van der Waals surface area (Å²) >= 11 is 0. The lowest BCUT2D eigenvalue weighted by atomic mass is 10.2. The molecule has 3 aromatic rings. The number of nitrogens with one attached hydrogen (secondary N) is 1. The van der Waals surface area contributed by atoms with Crippen LogP contribution >= 0.6 is 0 Å². The van der Waals surface area contributed by atoms with Crippen molar-refractivity contribution in [2.75, 3.05) is 31.4 Å². The first-order valence-corrected chi connectivity index (χ1v) is 10.0. The van der Waals surface area contributed by atoms with E-state index in [1.807, 2.05) is 36.1 Å². The van der Waals surface area contributed by atoms with Gasteiger partial charge in [0.2, 0.25) is 12.7 Å². The summed E-state index contributed by atoms with van der Waals surface area (Å²) in [7, 11) is 0. The number of hydrogen-bond donors (Lipinski definition) is 1. The number of amides is 1. The molecule has 2 aliphatic heterocycles. The Morgan fingerprint density at radius 1 is 1.23 bits per heavy atom. The first-order chi connectivity index (χ1) is 15.2. The minimum absolute atomic E-state index is 0.164. The lowest BCUT2D eigenvalue weighted by molar-refractivity contribution is -0.133. The summed E-state index contributed by atoms with van der Waals surface area (Å²) in [6, 6.07) is 7.53. The zero-order chi connectivity index (χ0) is 21.2. The highest BCUT2D eigenvalue weighted by Gasteiger charge is 2.28. The number of aryl methyl sites for hydroxylation is 1. The van der Waals surface area contributed by atoms with Crippen molar-refractivity contribution < 1.29 is 19.0 Å². The summed E-state index contributed by atoms with van der Waals surface area (Å²) in [5.41, 5.74) is 1.77.